The van der Waals surface area contributed by atoms with E-state index in [0.29, 0.717) is 58.0 Å². The molecule has 0 unspecified atom stereocenters. The number of pyridine rings is 1. The van der Waals surface area contributed by atoms with Gasteiger partial charge in [-0.15, -0.1) is 0 Å². The number of aliphatic hydroxyl groups is 1. The van der Waals surface area contributed by atoms with E-state index >= 15 is 0 Å². The number of likely N-dealkylation sites (tertiary alicyclic amines) is 1. The van der Waals surface area contributed by atoms with Crippen LogP contribution in [-0.4, -0.2) is 62.1 Å². The van der Waals surface area contributed by atoms with Crippen LogP contribution in [-0.2, 0) is 0 Å². The number of nitrogens with zero attached hydrogens (tertiary/aromatic N) is 3. The van der Waals surface area contributed by atoms with Gasteiger partial charge in [0.15, 0.2) is 23.0 Å². The molecule has 2 heterocycles. The first-order chi connectivity index (χ1) is 20.6. The highest BCUT2D eigenvalue weighted by Gasteiger charge is 2.18. The lowest BCUT2D eigenvalue weighted by Crippen LogP contribution is -2.35. The van der Waals surface area contributed by atoms with E-state index in [2.05, 4.69) is 21.3 Å². The minimum Gasteiger partial charge on any atom is -0.493 e. The Morgan fingerprint density at radius 3 is 2.40 bits per heavy atom. The highest BCUT2D eigenvalue weighted by Crippen LogP contribution is 2.38. The molecule has 0 aliphatic carbocycles. The van der Waals surface area contributed by atoms with E-state index in [-0.39, 0.29) is 6.61 Å². The van der Waals surface area contributed by atoms with E-state index < -0.39 is 0 Å². The van der Waals surface area contributed by atoms with Crippen molar-refractivity contribution in [2.75, 3.05) is 52.4 Å². The van der Waals surface area contributed by atoms with Gasteiger partial charge < -0.3 is 34.3 Å². The summed E-state index contributed by atoms with van der Waals surface area (Å²) in [7, 11) is 3.21. The number of nitrogens with one attached hydrogen (secondary N) is 1. The summed E-state index contributed by atoms with van der Waals surface area (Å²) in [5.74, 6) is 3.56. The summed E-state index contributed by atoms with van der Waals surface area (Å²) in [5.41, 5.74) is 2.53. The van der Waals surface area contributed by atoms with Crippen LogP contribution in [0.3, 0.4) is 0 Å². The number of piperidine rings is 1. The molecule has 2 N–H and O–H groups in total. The number of aliphatic hydroxyl groups excluding tert-OH is 1. The monoisotopic (exact) mass is 568 g/mol. The summed E-state index contributed by atoms with van der Waals surface area (Å²) in [4.78, 5) is 6.95. The first-order valence-corrected chi connectivity index (χ1v) is 14.2. The average Bonchev–Trinajstić information content (AvgIpc) is 3.04. The van der Waals surface area contributed by atoms with Gasteiger partial charge in [-0.25, -0.2) is 0 Å². The Morgan fingerprint density at radius 2 is 1.71 bits per heavy atom. The molecule has 3 aromatic carbocycles. The summed E-state index contributed by atoms with van der Waals surface area (Å²) >= 11 is 0. The summed E-state index contributed by atoms with van der Waals surface area (Å²) in [6, 6.07) is 20.9. The van der Waals surface area contributed by atoms with Gasteiger partial charge in [0.05, 0.1) is 37.6 Å². The predicted molar refractivity (Wildman–Crippen MR) is 162 cm³/mol. The lowest BCUT2D eigenvalue weighted by molar-refractivity contribution is 0.126. The van der Waals surface area contributed by atoms with Crippen molar-refractivity contribution in [2.45, 2.75) is 19.3 Å². The molecule has 218 valence electrons. The third-order valence-corrected chi connectivity index (χ3v) is 7.54. The largest absolute Gasteiger partial charge is 0.493 e. The summed E-state index contributed by atoms with van der Waals surface area (Å²) < 4.78 is 23.2. The molecular weight excluding hydrogens is 532 g/mol. The maximum atomic E-state index is 9.84. The van der Waals surface area contributed by atoms with Crippen LogP contribution in [0.4, 0.5) is 11.4 Å². The van der Waals surface area contributed by atoms with Crippen LogP contribution in [0.1, 0.15) is 24.8 Å². The van der Waals surface area contributed by atoms with Crippen molar-refractivity contribution in [2.24, 2.45) is 5.92 Å². The van der Waals surface area contributed by atoms with Crippen LogP contribution in [0, 0.1) is 17.2 Å². The quantitative estimate of drug-likeness (QED) is 0.195. The molecule has 1 aliphatic rings. The summed E-state index contributed by atoms with van der Waals surface area (Å²) in [6.45, 7) is 3.82. The molecule has 1 saturated heterocycles. The topological polar surface area (TPSA) is 109 Å². The first kappa shape index (κ1) is 29.0. The molecule has 0 spiro atoms. The van der Waals surface area contributed by atoms with E-state index in [1.54, 1.807) is 20.4 Å². The lowest BCUT2D eigenvalue weighted by Gasteiger charge is -2.30. The van der Waals surface area contributed by atoms with Crippen LogP contribution in [0.5, 0.6) is 28.7 Å². The third kappa shape index (κ3) is 6.85. The lowest BCUT2D eigenvalue weighted by atomic mass is 9.98. The van der Waals surface area contributed by atoms with E-state index in [1.165, 1.54) is 0 Å². The number of hydrogen-bond acceptors (Lipinski definition) is 9. The molecule has 1 fully saturated rings. The van der Waals surface area contributed by atoms with Crippen LogP contribution in [0.15, 0.2) is 66.9 Å². The molecule has 4 aromatic rings. The highest BCUT2D eigenvalue weighted by atomic mass is 16.5. The molecule has 0 saturated carbocycles. The Morgan fingerprint density at radius 1 is 0.976 bits per heavy atom. The SMILES string of the molecule is COc1cc2c(Nc3ccc(Oc4ccccc4OC)cc3)c(C#N)cnc2cc1OCCCN1CCC(CO)CC1. The molecule has 0 amide bonds. The van der Waals surface area contributed by atoms with Crippen LogP contribution in [0.2, 0.25) is 0 Å². The summed E-state index contributed by atoms with van der Waals surface area (Å²) in [6.07, 6.45) is 4.54. The molecular formula is C33H36N4O5. The van der Waals surface area contributed by atoms with Crippen LogP contribution in [0.25, 0.3) is 10.9 Å². The zero-order chi connectivity index (χ0) is 29.3. The van der Waals surface area contributed by atoms with Crippen molar-refractivity contribution in [3.63, 3.8) is 0 Å². The van der Waals surface area contributed by atoms with Crippen LogP contribution >= 0.6 is 0 Å². The number of rotatable bonds is 12. The zero-order valence-corrected chi connectivity index (χ0v) is 24.0. The highest BCUT2D eigenvalue weighted by molar-refractivity contribution is 5.97. The molecule has 0 bridgehead atoms. The average molecular weight is 569 g/mol. The normalized spacial score (nSPS) is 13.9. The molecule has 5 rings (SSSR count). The number of aromatic nitrogens is 1. The van der Waals surface area contributed by atoms with Gasteiger partial charge in [0.1, 0.15) is 11.8 Å². The van der Waals surface area contributed by atoms with Gasteiger partial charge in [-0.3, -0.25) is 4.98 Å². The van der Waals surface area contributed by atoms with Gasteiger partial charge in [-0.1, -0.05) is 12.1 Å². The standard InChI is InChI=1S/C33H36N4O5/c1-39-29-6-3-4-7-30(29)42-26-10-8-25(9-11-26)36-33-24(20-34)21-35-28-19-32(31(40-2)18-27(28)33)41-17-5-14-37-15-12-23(22-38)13-16-37/h3-4,6-11,18-19,21,23,38H,5,12-17,22H2,1-2H3,(H,35,36). The predicted octanol–water partition coefficient (Wildman–Crippen LogP) is 6.13. The number of ether oxygens (including phenoxy) is 4. The number of fused-ring (bicyclic) bond motifs is 1. The molecule has 0 atom stereocenters. The molecule has 42 heavy (non-hydrogen) atoms. The second-order valence-corrected chi connectivity index (χ2v) is 10.3. The number of anilines is 2. The smallest absolute Gasteiger partial charge is 0.169 e. The van der Waals surface area contributed by atoms with Crippen molar-refractivity contribution >= 4 is 22.3 Å². The second-order valence-electron chi connectivity index (χ2n) is 10.3. The van der Waals surface area contributed by atoms with Gasteiger partial charge in [-0.2, -0.15) is 5.26 Å². The molecule has 0 radical (unpaired) electrons. The first-order valence-electron chi connectivity index (χ1n) is 14.2. The van der Waals surface area contributed by atoms with Crippen LogP contribution < -0.4 is 24.3 Å². The number of hydrogen-bond donors (Lipinski definition) is 2. The fourth-order valence-electron chi connectivity index (χ4n) is 5.14. The van der Waals surface area contributed by atoms with Crippen molar-refractivity contribution in [1.29, 1.82) is 5.26 Å². The van der Waals surface area contributed by atoms with Crippen molar-refractivity contribution in [3.05, 3.63) is 72.4 Å². The summed E-state index contributed by atoms with van der Waals surface area (Å²) in [5, 5.41) is 23.3. The van der Waals surface area contributed by atoms with Gasteiger partial charge in [0.2, 0.25) is 0 Å². The van der Waals surface area contributed by atoms with Gasteiger partial charge >= 0.3 is 0 Å². The molecule has 9 heteroatoms. The third-order valence-electron chi connectivity index (χ3n) is 7.54. The van der Waals surface area contributed by atoms with Crippen molar-refractivity contribution in [1.82, 2.24) is 9.88 Å². The van der Waals surface area contributed by atoms with E-state index in [0.717, 1.165) is 50.0 Å². The second kappa shape index (κ2) is 13.9. The fourth-order valence-corrected chi connectivity index (χ4v) is 5.14. The maximum absolute atomic E-state index is 9.84. The number of methoxy groups -OCH3 is 2. The van der Waals surface area contributed by atoms with E-state index in [9.17, 15) is 10.4 Å². The minimum atomic E-state index is 0.284. The number of benzene rings is 3. The molecule has 9 nitrogen and oxygen atoms in total. The maximum Gasteiger partial charge on any atom is 0.169 e. The van der Waals surface area contributed by atoms with Gasteiger partial charge in [-0.05, 0) is 80.7 Å². The zero-order valence-electron chi connectivity index (χ0n) is 24.0. The Balaban J connectivity index is 1.29. The fraction of sp³-hybridized carbons (Fsp3) is 0.333. The number of nitriles is 1. The van der Waals surface area contributed by atoms with Crippen molar-refractivity contribution in [3.8, 4) is 34.8 Å². The molecule has 1 aliphatic heterocycles. The van der Waals surface area contributed by atoms with E-state index in [4.69, 9.17) is 18.9 Å². The number of para-hydroxylation sites is 2. The Labute approximate surface area is 246 Å². The Hall–Kier alpha value is -4.52. The Kier molecular flexibility index (Phi) is 9.59. The minimum absolute atomic E-state index is 0.284. The Bertz CT molecular complexity index is 1530. The molecule has 1 aromatic heterocycles. The van der Waals surface area contributed by atoms with Crippen molar-refractivity contribution < 1.29 is 24.1 Å². The van der Waals surface area contributed by atoms with Gasteiger partial charge in [0, 0.05) is 36.5 Å². The van der Waals surface area contributed by atoms with Gasteiger partial charge in [0.25, 0.3) is 0 Å². The van der Waals surface area contributed by atoms with E-state index in [1.807, 2.05) is 60.7 Å².